The van der Waals surface area contributed by atoms with E-state index in [1.54, 1.807) is 30.3 Å². The second kappa shape index (κ2) is 8.33. The van der Waals surface area contributed by atoms with Gasteiger partial charge in [0.25, 0.3) is 10.0 Å². The van der Waals surface area contributed by atoms with Crippen molar-refractivity contribution in [3.63, 3.8) is 0 Å². The number of halogens is 1. The Labute approximate surface area is 160 Å². The van der Waals surface area contributed by atoms with Crippen molar-refractivity contribution in [2.24, 2.45) is 0 Å². The molecule has 2 rings (SSSR count). The van der Waals surface area contributed by atoms with Crippen LogP contribution in [0.25, 0.3) is 0 Å². The molecule has 2 N–H and O–H groups in total. The van der Waals surface area contributed by atoms with Crippen molar-refractivity contribution in [2.45, 2.75) is 17.6 Å². The second-order valence-corrected chi connectivity index (χ2v) is 7.65. The number of nitrogens with one attached hydrogen (secondary N) is 2. The fourth-order valence-corrected chi connectivity index (χ4v) is 3.88. The van der Waals surface area contributed by atoms with Gasteiger partial charge in [-0.25, -0.2) is 17.9 Å². The molecule has 5 nitrogen and oxygen atoms in total. The van der Waals surface area contributed by atoms with Gasteiger partial charge in [0.2, 0.25) is 0 Å². The van der Waals surface area contributed by atoms with E-state index in [2.05, 4.69) is 5.32 Å². The molecule has 0 radical (unpaired) electrons. The van der Waals surface area contributed by atoms with Gasteiger partial charge >= 0.3 is 35.6 Å². The van der Waals surface area contributed by atoms with Crippen molar-refractivity contribution < 1.29 is 42.8 Å². The van der Waals surface area contributed by atoms with Crippen molar-refractivity contribution in [3.8, 4) is 0 Å². The van der Waals surface area contributed by atoms with Crippen LogP contribution in [0.1, 0.15) is 11.8 Å². The molecule has 2 aromatic rings. The predicted octanol–water partition coefficient (Wildman–Crippen LogP) is 0.478. The molecule has 1 aromatic carbocycles. The molecule has 2 amide bonds. The zero-order valence-electron chi connectivity index (χ0n) is 12.1. The van der Waals surface area contributed by atoms with Crippen molar-refractivity contribution in [2.75, 3.05) is 5.32 Å². The third-order valence-corrected chi connectivity index (χ3v) is 5.88. The molecular formula is C13H13ClN2NaO3S2+. The number of rotatable bonds is 4. The summed E-state index contributed by atoms with van der Waals surface area (Å²) in [6.07, 6.45) is 0.747. The molecule has 0 atom stereocenters. The summed E-state index contributed by atoms with van der Waals surface area (Å²) in [6, 6.07) is 8.75. The first-order valence-corrected chi connectivity index (χ1v) is 8.76. The molecule has 22 heavy (non-hydrogen) atoms. The van der Waals surface area contributed by atoms with E-state index in [-0.39, 0.29) is 33.8 Å². The van der Waals surface area contributed by atoms with Gasteiger partial charge in [-0.05, 0) is 42.8 Å². The fourth-order valence-electron chi connectivity index (χ4n) is 1.55. The van der Waals surface area contributed by atoms with E-state index in [0.717, 1.165) is 22.6 Å². The zero-order valence-corrected chi connectivity index (χ0v) is 16.5. The molecular weight excluding hydrogens is 355 g/mol. The van der Waals surface area contributed by atoms with Gasteiger partial charge in [-0.3, -0.25) is 0 Å². The van der Waals surface area contributed by atoms with Crippen LogP contribution in [-0.2, 0) is 16.4 Å². The van der Waals surface area contributed by atoms with Crippen molar-refractivity contribution in [1.29, 1.82) is 0 Å². The molecule has 0 aliphatic carbocycles. The molecule has 0 saturated heterocycles. The number of benzene rings is 1. The van der Waals surface area contributed by atoms with Crippen molar-refractivity contribution in [3.05, 3.63) is 46.3 Å². The molecule has 0 fully saturated rings. The van der Waals surface area contributed by atoms with E-state index in [0.29, 0.717) is 10.7 Å². The molecule has 0 bridgehead atoms. The summed E-state index contributed by atoms with van der Waals surface area (Å²) < 4.78 is 26.2. The molecule has 1 aromatic heterocycles. The van der Waals surface area contributed by atoms with Gasteiger partial charge in [0.1, 0.15) is 4.21 Å². The van der Waals surface area contributed by atoms with Crippen molar-refractivity contribution >= 4 is 44.7 Å². The molecule has 9 heteroatoms. The van der Waals surface area contributed by atoms with Gasteiger partial charge in [0.15, 0.2) is 0 Å². The summed E-state index contributed by atoms with van der Waals surface area (Å²) in [5, 5.41) is 2.96. The largest absolute Gasteiger partial charge is 1.00 e. The molecule has 112 valence electrons. The number of hydrogen-bond acceptors (Lipinski definition) is 4. The average Bonchev–Trinajstić information content (AvgIpc) is 2.90. The van der Waals surface area contributed by atoms with E-state index >= 15 is 0 Å². The Bertz CT molecular complexity index is 745. The molecule has 0 aliphatic rings. The Hall–Kier alpha value is -0.570. The number of thiophene rings is 1. The number of amides is 2. The minimum Gasteiger partial charge on any atom is -0.307 e. The van der Waals surface area contributed by atoms with Crippen LogP contribution in [0.15, 0.2) is 40.6 Å². The number of anilines is 1. The first-order chi connectivity index (χ1) is 9.90. The Balaban J connectivity index is 0.00000242. The van der Waals surface area contributed by atoms with Crippen LogP contribution in [0.2, 0.25) is 5.02 Å². The third kappa shape index (κ3) is 5.26. The smallest absolute Gasteiger partial charge is 0.307 e. The monoisotopic (exact) mass is 367 g/mol. The van der Waals surface area contributed by atoms with Crippen LogP contribution in [0.5, 0.6) is 0 Å². The van der Waals surface area contributed by atoms with Crippen LogP contribution in [0.4, 0.5) is 10.5 Å². The SMILES string of the molecule is CCc1ccc(S(=O)(=O)NC(=O)Nc2ccc(Cl)cc2)s1.[Na+]. The zero-order chi connectivity index (χ0) is 15.5. The molecule has 0 unspecified atom stereocenters. The van der Waals surface area contributed by atoms with Crippen LogP contribution < -0.4 is 39.6 Å². The maximum absolute atomic E-state index is 12.0. The van der Waals surface area contributed by atoms with Gasteiger partial charge in [-0.1, -0.05) is 18.5 Å². The maximum atomic E-state index is 12.0. The van der Waals surface area contributed by atoms with E-state index in [1.165, 1.54) is 6.07 Å². The molecule has 0 spiro atoms. The van der Waals surface area contributed by atoms with Gasteiger partial charge < -0.3 is 5.32 Å². The van der Waals surface area contributed by atoms with Gasteiger partial charge in [-0.2, -0.15) is 0 Å². The quantitative estimate of drug-likeness (QED) is 0.772. The summed E-state index contributed by atoms with van der Waals surface area (Å²) in [5.41, 5.74) is 0.451. The minimum atomic E-state index is -3.85. The van der Waals surface area contributed by atoms with Crippen LogP contribution in [-0.4, -0.2) is 14.4 Å². The Morgan fingerprint density at radius 2 is 1.82 bits per heavy atom. The normalized spacial score (nSPS) is 10.6. The molecule has 1 heterocycles. The van der Waals surface area contributed by atoms with Gasteiger partial charge in [0.05, 0.1) is 0 Å². The number of urea groups is 1. The number of carbonyl (C=O) groups is 1. The maximum Gasteiger partial charge on any atom is 1.00 e. The number of hydrogen-bond donors (Lipinski definition) is 2. The second-order valence-electron chi connectivity index (χ2n) is 4.14. The topological polar surface area (TPSA) is 75.3 Å². The summed E-state index contributed by atoms with van der Waals surface area (Å²) in [5.74, 6) is 0. The van der Waals surface area contributed by atoms with Crippen LogP contribution in [0.3, 0.4) is 0 Å². The third-order valence-electron chi connectivity index (χ3n) is 2.58. The van der Waals surface area contributed by atoms with E-state index in [4.69, 9.17) is 11.6 Å². The summed E-state index contributed by atoms with van der Waals surface area (Å²) in [7, 11) is -3.85. The molecule has 0 aliphatic heterocycles. The van der Waals surface area contributed by atoms with E-state index < -0.39 is 16.1 Å². The molecule has 0 saturated carbocycles. The van der Waals surface area contributed by atoms with Crippen LogP contribution >= 0.6 is 22.9 Å². The van der Waals surface area contributed by atoms with Gasteiger partial charge in [0, 0.05) is 15.6 Å². The minimum absolute atomic E-state index is 0. The van der Waals surface area contributed by atoms with Crippen LogP contribution in [0, 0.1) is 0 Å². The average molecular weight is 368 g/mol. The van der Waals surface area contributed by atoms with E-state index in [9.17, 15) is 13.2 Å². The first-order valence-electron chi connectivity index (χ1n) is 6.09. The Morgan fingerprint density at radius 1 is 1.18 bits per heavy atom. The fraction of sp³-hybridized carbons (Fsp3) is 0.154. The first kappa shape index (κ1) is 19.5. The number of carbonyl (C=O) groups excluding carboxylic acids is 1. The van der Waals surface area contributed by atoms with Crippen molar-refractivity contribution in [1.82, 2.24) is 4.72 Å². The number of sulfonamides is 1. The Kier molecular flexibility index (Phi) is 7.37. The summed E-state index contributed by atoms with van der Waals surface area (Å²) >= 11 is 6.87. The van der Waals surface area contributed by atoms with E-state index in [1.807, 2.05) is 11.6 Å². The van der Waals surface area contributed by atoms with Gasteiger partial charge in [-0.15, -0.1) is 11.3 Å². The number of aryl methyl sites for hydroxylation is 1. The summed E-state index contributed by atoms with van der Waals surface area (Å²) in [4.78, 5) is 12.7. The standard InChI is InChI=1S/C13H13ClN2O3S2.Na/c1-2-11-7-8-12(20-11)21(18,19)16-13(17)15-10-5-3-9(14)4-6-10;/h3-8H,2H2,1H3,(H2,15,16,17);/q;+1. The Morgan fingerprint density at radius 3 is 2.36 bits per heavy atom. The predicted molar refractivity (Wildman–Crippen MR) is 84.5 cm³/mol. The summed E-state index contributed by atoms with van der Waals surface area (Å²) in [6.45, 7) is 1.93.